The first-order valence-corrected chi connectivity index (χ1v) is 10.0. The Morgan fingerprint density at radius 1 is 1.00 bits per heavy atom. The van der Waals surface area contributed by atoms with E-state index in [9.17, 15) is 9.59 Å². The first-order valence-electron chi connectivity index (χ1n) is 8.95. The number of likely N-dealkylation sites (tertiary alicyclic amines) is 1. The number of piperidine rings is 1. The van der Waals surface area contributed by atoms with Crippen LogP contribution in [0.4, 0.5) is 4.79 Å². The van der Waals surface area contributed by atoms with Crippen LogP contribution in [-0.4, -0.2) is 41.3 Å². The van der Waals surface area contributed by atoms with E-state index in [1.165, 1.54) is 0 Å². The number of ether oxygens (including phenoxy) is 2. The summed E-state index contributed by atoms with van der Waals surface area (Å²) >= 11 is 2.20. The lowest BCUT2D eigenvalue weighted by Gasteiger charge is -2.40. The van der Waals surface area contributed by atoms with Gasteiger partial charge in [-0.15, -0.1) is 0 Å². The lowest BCUT2D eigenvalue weighted by molar-refractivity contribution is -0.0478. The fraction of sp³-hybridized carbons (Fsp3) is 0.600. The van der Waals surface area contributed by atoms with Crippen LogP contribution in [0.15, 0.2) is 24.3 Å². The van der Waals surface area contributed by atoms with Crippen LogP contribution in [-0.2, 0) is 9.47 Å². The summed E-state index contributed by atoms with van der Waals surface area (Å²) in [7, 11) is 0. The average Bonchev–Trinajstić information content (AvgIpc) is 2.53. The first kappa shape index (κ1) is 21.0. The average molecular weight is 473 g/mol. The third-order valence-corrected chi connectivity index (χ3v) is 5.28. The summed E-state index contributed by atoms with van der Waals surface area (Å²) in [6, 6.07) is 7.35. The molecule has 0 saturated carbocycles. The molecule has 0 aliphatic carbocycles. The van der Waals surface area contributed by atoms with Crippen LogP contribution in [0.2, 0.25) is 0 Å². The maximum atomic E-state index is 12.4. The molecule has 6 heteroatoms. The van der Waals surface area contributed by atoms with Crippen LogP contribution in [0.5, 0.6) is 0 Å². The van der Waals surface area contributed by atoms with E-state index in [0.717, 1.165) is 16.4 Å². The predicted octanol–water partition coefficient (Wildman–Crippen LogP) is 4.87. The number of halogens is 1. The van der Waals surface area contributed by atoms with Gasteiger partial charge in [-0.05, 0) is 94.3 Å². The zero-order valence-corrected chi connectivity index (χ0v) is 18.3. The largest absolute Gasteiger partial charge is 0.456 e. The Bertz CT molecular complexity index is 641. The van der Waals surface area contributed by atoms with Crippen molar-refractivity contribution in [2.45, 2.75) is 58.7 Å². The van der Waals surface area contributed by atoms with Crippen molar-refractivity contribution >= 4 is 34.7 Å². The van der Waals surface area contributed by atoms with E-state index >= 15 is 0 Å². The van der Waals surface area contributed by atoms with E-state index < -0.39 is 11.2 Å². The van der Waals surface area contributed by atoms with Crippen molar-refractivity contribution in [3.8, 4) is 0 Å². The second-order valence-electron chi connectivity index (χ2n) is 8.24. The summed E-state index contributed by atoms with van der Waals surface area (Å²) in [5.74, 6) is -0.102. The van der Waals surface area contributed by atoms with Crippen molar-refractivity contribution in [1.29, 1.82) is 0 Å². The SMILES string of the molecule is CC(C)(C)OC(=O)N1CCC(C(C)(C)OC(=O)c2ccc(I)cc2)CC1. The van der Waals surface area contributed by atoms with Crippen LogP contribution in [0.3, 0.4) is 0 Å². The molecule has 0 spiro atoms. The van der Waals surface area contributed by atoms with Gasteiger partial charge < -0.3 is 14.4 Å². The molecule has 0 bridgehead atoms. The fourth-order valence-corrected chi connectivity index (χ4v) is 3.41. The van der Waals surface area contributed by atoms with Crippen molar-refractivity contribution in [2.75, 3.05) is 13.1 Å². The monoisotopic (exact) mass is 473 g/mol. The minimum atomic E-state index is -0.583. The van der Waals surface area contributed by atoms with Gasteiger partial charge in [0.15, 0.2) is 0 Å². The molecule has 144 valence electrons. The molecule has 0 aromatic heterocycles. The van der Waals surface area contributed by atoms with Crippen LogP contribution in [0, 0.1) is 9.49 Å². The van der Waals surface area contributed by atoms with E-state index in [0.29, 0.717) is 18.7 Å². The van der Waals surface area contributed by atoms with Crippen LogP contribution in [0.25, 0.3) is 0 Å². The van der Waals surface area contributed by atoms with Crippen LogP contribution in [0.1, 0.15) is 57.8 Å². The summed E-state index contributed by atoms with van der Waals surface area (Å²) in [4.78, 5) is 26.3. The van der Waals surface area contributed by atoms with Crippen molar-refractivity contribution < 1.29 is 19.1 Å². The Balaban J connectivity index is 1.91. The molecule has 1 aromatic carbocycles. The van der Waals surface area contributed by atoms with Crippen molar-refractivity contribution in [3.05, 3.63) is 33.4 Å². The lowest BCUT2D eigenvalue weighted by atomic mass is 9.83. The molecule has 1 aliphatic rings. The molecule has 1 fully saturated rings. The molecule has 26 heavy (non-hydrogen) atoms. The lowest BCUT2D eigenvalue weighted by Crippen LogP contribution is -2.47. The number of rotatable bonds is 3. The highest BCUT2D eigenvalue weighted by molar-refractivity contribution is 14.1. The number of carbonyl (C=O) groups is 2. The summed E-state index contributed by atoms with van der Waals surface area (Å²) in [5.41, 5.74) is -0.513. The van der Waals surface area contributed by atoms with E-state index in [-0.39, 0.29) is 18.0 Å². The van der Waals surface area contributed by atoms with E-state index in [4.69, 9.17) is 9.47 Å². The maximum absolute atomic E-state index is 12.4. The van der Waals surface area contributed by atoms with Gasteiger partial charge in [-0.25, -0.2) is 9.59 Å². The highest BCUT2D eigenvalue weighted by Gasteiger charge is 2.37. The number of esters is 1. The van der Waals surface area contributed by atoms with Gasteiger partial charge in [-0.3, -0.25) is 0 Å². The Kier molecular flexibility index (Phi) is 6.58. The van der Waals surface area contributed by atoms with Gasteiger partial charge in [0.1, 0.15) is 11.2 Å². The predicted molar refractivity (Wildman–Crippen MR) is 109 cm³/mol. The summed E-state index contributed by atoms with van der Waals surface area (Å²) in [6.07, 6.45) is 1.29. The van der Waals surface area contributed by atoms with Gasteiger partial charge in [0.25, 0.3) is 0 Å². The molecule has 1 saturated heterocycles. The Morgan fingerprint density at radius 3 is 2.04 bits per heavy atom. The third-order valence-electron chi connectivity index (χ3n) is 4.57. The molecule has 0 N–H and O–H groups in total. The van der Waals surface area contributed by atoms with Crippen LogP contribution < -0.4 is 0 Å². The smallest absolute Gasteiger partial charge is 0.410 e. The van der Waals surface area contributed by atoms with Crippen molar-refractivity contribution in [2.24, 2.45) is 5.92 Å². The quantitative estimate of drug-likeness (QED) is 0.464. The maximum Gasteiger partial charge on any atom is 0.410 e. The minimum Gasteiger partial charge on any atom is -0.456 e. The first-order chi connectivity index (χ1) is 12.0. The molecule has 2 rings (SSSR count). The Labute approximate surface area is 169 Å². The van der Waals surface area contributed by atoms with Crippen molar-refractivity contribution in [1.82, 2.24) is 4.90 Å². The molecule has 0 radical (unpaired) electrons. The molecule has 0 unspecified atom stereocenters. The highest BCUT2D eigenvalue weighted by Crippen LogP contribution is 2.32. The summed E-state index contributed by atoms with van der Waals surface area (Å²) in [5, 5.41) is 0. The van der Waals surface area contributed by atoms with Gasteiger partial charge >= 0.3 is 12.1 Å². The number of amides is 1. The number of hydrogen-bond donors (Lipinski definition) is 0. The van der Waals surface area contributed by atoms with Gasteiger partial charge in [-0.2, -0.15) is 0 Å². The van der Waals surface area contributed by atoms with Crippen LogP contribution >= 0.6 is 22.6 Å². The van der Waals surface area contributed by atoms with Gasteiger partial charge in [-0.1, -0.05) is 0 Å². The number of benzene rings is 1. The molecule has 1 amide bonds. The molecule has 1 aliphatic heterocycles. The Morgan fingerprint density at radius 2 is 1.54 bits per heavy atom. The standard InChI is InChI=1S/C20H28INO4/c1-19(2,3)26-18(24)22-12-10-15(11-13-22)20(4,5)25-17(23)14-6-8-16(21)9-7-14/h6-9,15H,10-13H2,1-5H3. The molecule has 5 nitrogen and oxygen atoms in total. The van der Waals surface area contributed by atoms with Crippen molar-refractivity contribution in [3.63, 3.8) is 0 Å². The molecule has 0 atom stereocenters. The third kappa shape index (κ3) is 5.86. The highest BCUT2D eigenvalue weighted by atomic mass is 127. The summed E-state index contributed by atoms with van der Waals surface area (Å²) in [6.45, 7) is 10.7. The number of nitrogens with zero attached hydrogens (tertiary/aromatic N) is 1. The topological polar surface area (TPSA) is 55.8 Å². The van der Waals surface area contributed by atoms with E-state index in [1.54, 1.807) is 17.0 Å². The number of hydrogen-bond acceptors (Lipinski definition) is 4. The minimum absolute atomic E-state index is 0.203. The molecular formula is C20H28INO4. The molecular weight excluding hydrogens is 445 g/mol. The summed E-state index contributed by atoms with van der Waals surface area (Å²) < 4.78 is 12.3. The number of carbonyl (C=O) groups excluding carboxylic acids is 2. The van der Waals surface area contributed by atoms with E-state index in [1.807, 2.05) is 46.8 Å². The zero-order valence-electron chi connectivity index (χ0n) is 16.2. The second kappa shape index (κ2) is 8.15. The molecule has 1 heterocycles. The normalized spacial score (nSPS) is 16.3. The van der Waals surface area contributed by atoms with Gasteiger partial charge in [0, 0.05) is 22.6 Å². The van der Waals surface area contributed by atoms with E-state index in [2.05, 4.69) is 22.6 Å². The second-order valence-corrected chi connectivity index (χ2v) is 9.49. The molecule has 1 aromatic rings. The fourth-order valence-electron chi connectivity index (χ4n) is 3.05. The van der Waals surface area contributed by atoms with Gasteiger partial charge in [0.2, 0.25) is 0 Å². The van der Waals surface area contributed by atoms with Gasteiger partial charge in [0.05, 0.1) is 5.56 Å². The zero-order chi connectivity index (χ0) is 19.5. The Hall–Kier alpha value is -1.31.